The highest BCUT2D eigenvalue weighted by Crippen LogP contribution is 2.16. The summed E-state index contributed by atoms with van der Waals surface area (Å²) in [6.45, 7) is 5.93. The number of nitrogens with zero attached hydrogens (tertiary/aromatic N) is 1. The summed E-state index contributed by atoms with van der Waals surface area (Å²) in [6, 6.07) is -0.465. The number of likely N-dealkylation sites (tertiary alicyclic amines) is 1. The van der Waals surface area contributed by atoms with Gasteiger partial charge in [-0.25, -0.2) is 9.18 Å². The molecule has 0 aliphatic carbocycles. The molecule has 0 aromatic heterocycles. The maximum Gasteiger partial charge on any atom is 0.410 e. The number of carbonyl (C=O) groups excluding carboxylic acids is 1. The fourth-order valence-electron chi connectivity index (χ4n) is 1.63. The Morgan fingerprint density at radius 1 is 1.50 bits per heavy atom. The molecule has 1 aliphatic heterocycles. The Hall–Kier alpha value is -0.840. The number of amides is 1. The van der Waals surface area contributed by atoms with Crippen molar-refractivity contribution < 1.29 is 13.9 Å². The van der Waals surface area contributed by atoms with Gasteiger partial charge < -0.3 is 15.4 Å². The third kappa shape index (κ3) is 3.96. The minimum Gasteiger partial charge on any atom is -0.444 e. The number of nitrogens with two attached hydrogens (primary N) is 1. The zero-order valence-corrected chi connectivity index (χ0v) is 10.2. The number of carbonyl (C=O) groups is 1. The highest BCUT2D eigenvalue weighted by Gasteiger charge is 2.29. The van der Waals surface area contributed by atoms with E-state index in [1.54, 1.807) is 20.8 Å². The van der Waals surface area contributed by atoms with Crippen molar-refractivity contribution >= 4 is 6.09 Å². The second-order valence-corrected chi connectivity index (χ2v) is 5.25. The van der Waals surface area contributed by atoms with Gasteiger partial charge >= 0.3 is 6.09 Å². The Balaban J connectivity index is 2.56. The molecule has 1 heterocycles. The first-order valence-electron chi connectivity index (χ1n) is 5.67. The minimum absolute atomic E-state index is 0.0378. The molecule has 0 bridgehead atoms. The van der Waals surface area contributed by atoms with Crippen molar-refractivity contribution in [2.45, 2.75) is 51.4 Å². The maximum absolute atomic E-state index is 13.5. The van der Waals surface area contributed by atoms with Crippen LogP contribution in [0.2, 0.25) is 0 Å². The van der Waals surface area contributed by atoms with Crippen LogP contribution < -0.4 is 5.73 Å². The third-order valence-corrected chi connectivity index (χ3v) is 2.48. The maximum atomic E-state index is 13.5. The van der Waals surface area contributed by atoms with Crippen LogP contribution in [-0.2, 0) is 4.74 Å². The van der Waals surface area contributed by atoms with Crippen LogP contribution in [0.15, 0.2) is 0 Å². The largest absolute Gasteiger partial charge is 0.444 e. The lowest BCUT2D eigenvalue weighted by atomic mass is 10.1. The van der Waals surface area contributed by atoms with Crippen molar-refractivity contribution in [1.82, 2.24) is 4.90 Å². The quantitative estimate of drug-likeness (QED) is 0.691. The number of ether oxygens (including phenoxy) is 1. The molecule has 16 heavy (non-hydrogen) atoms. The number of rotatable bonds is 0. The van der Waals surface area contributed by atoms with Gasteiger partial charge in [-0.1, -0.05) is 0 Å². The molecule has 2 atom stereocenters. The predicted molar refractivity (Wildman–Crippen MR) is 59.9 cm³/mol. The van der Waals surface area contributed by atoms with Crippen LogP contribution in [0.5, 0.6) is 0 Å². The topological polar surface area (TPSA) is 55.6 Å². The van der Waals surface area contributed by atoms with E-state index >= 15 is 0 Å². The van der Waals surface area contributed by atoms with Gasteiger partial charge in [-0.05, 0) is 33.6 Å². The number of alkyl halides is 1. The highest BCUT2D eigenvalue weighted by atomic mass is 19.1. The van der Waals surface area contributed by atoms with Crippen molar-refractivity contribution in [3.05, 3.63) is 0 Å². The summed E-state index contributed by atoms with van der Waals surface area (Å²) in [7, 11) is 0. The van der Waals surface area contributed by atoms with Crippen LogP contribution in [-0.4, -0.2) is 41.9 Å². The van der Waals surface area contributed by atoms with E-state index in [1.807, 2.05) is 0 Å². The molecule has 1 aliphatic rings. The van der Waals surface area contributed by atoms with Crippen molar-refractivity contribution in [2.75, 3.05) is 13.1 Å². The monoisotopic (exact) mass is 232 g/mol. The van der Waals surface area contributed by atoms with Gasteiger partial charge in [0.15, 0.2) is 0 Å². The molecule has 0 aromatic carbocycles. The zero-order valence-electron chi connectivity index (χ0n) is 10.2. The van der Waals surface area contributed by atoms with E-state index in [4.69, 9.17) is 10.5 Å². The molecule has 1 fully saturated rings. The van der Waals surface area contributed by atoms with Gasteiger partial charge in [0, 0.05) is 12.6 Å². The first kappa shape index (κ1) is 13.2. The molecule has 1 rings (SSSR count). The molecule has 4 nitrogen and oxygen atoms in total. The fraction of sp³-hybridized carbons (Fsp3) is 0.909. The summed E-state index contributed by atoms with van der Waals surface area (Å²) < 4.78 is 18.7. The Kier molecular flexibility index (Phi) is 4.13. The molecular weight excluding hydrogens is 211 g/mol. The van der Waals surface area contributed by atoms with Crippen molar-refractivity contribution in [3.63, 3.8) is 0 Å². The summed E-state index contributed by atoms with van der Waals surface area (Å²) in [5.74, 6) is 0. The van der Waals surface area contributed by atoms with E-state index in [9.17, 15) is 9.18 Å². The van der Waals surface area contributed by atoms with Crippen LogP contribution in [0.25, 0.3) is 0 Å². The van der Waals surface area contributed by atoms with Gasteiger partial charge in [-0.15, -0.1) is 0 Å². The van der Waals surface area contributed by atoms with Crippen LogP contribution in [0.3, 0.4) is 0 Å². The van der Waals surface area contributed by atoms with Gasteiger partial charge in [-0.3, -0.25) is 0 Å². The average molecular weight is 232 g/mol. The van der Waals surface area contributed by atoms with E-state index in [0.717, 1.165) is 6.42 Å². The molecule has 1 amide bonds. The summed E-state index contributed by atoms with van der Waals surface area (Å²) in [6.07, 6.45) is -0.277. The van der Waals surface area contributed by atoms with Gasteiger partial charge in [0.25, 0.3) is 0 Å². The SMILES string of the molecule is CC(C)(C)OC(=O)N1CCC[C@@H](N)[C@@H](F)C1. The summed E-state index contributed by atoms with van der Waals surface area (Å²) >= 11 is 0. The summed E-state index contributed by atoms with van der Waals surface area (Å²) in [5, 5.41) is 0. The Bertz CT molecular complexity index is 253. The first-order chi connectivity index (χ1) is 7.29. The van der Waals surface area contributed by atoms with Crippen LogP contribution in [0, 0.1) is 0 Å². The minimum atomic E-state index is -1.16. The molecule has 2 N–H and O–H groups in total. The Morgan fingerprint density at radius 2 is 2.12 bits per heavy atom. The lowest BCUT2D eigenvalue weighted by Crippen LogP contribution is -2.42. The van der Waals surface area contributed by atoms with Gasteiger partial charge in [0.05, 0.1) is 6.54 Å². The number of hydrogen-bond acceptors (Lipinski definition) is 3. The molecule has 94 valence electrons. The summed E-state index contributed by atoms with van der Waals surface area (Å²) in [5.41, 5.74) is 5.07. The van der Waals surface area contributed by atoms with E-state index < -0.39 is 23.9 Å². The molecular formula is C11H21FN2O2. The van der Waals surface area contributed by atoms with Crippen LogP contribution in [0.4, 0.5) is 9.18 Å². The summed E-state index contributed by atoms with van der Waals surface area (Å²) in [4.78, 5) is 13.1. The molecule has 5 heteroatoms. The lowest BCUT2D eigenvalue weighted by Gasteiger charge is -2.27. The smallest absolute Gasteiger partial charge is 0.410 e. The lowest BCUT2D eigenvalue weighted by molar-refractivity contribution is 0.0218. The van der Waals surface area contributed by atoms with Gasteiger partial charge in [-0.2, -0.15) is 0 Å². The second kappa shape index (κ2) is 4.99. The molecule has 0 saturated carbocycles. The second-order valence-electron chi connectivity index (χ2n) is 5.25. The zero-order chi connectivity index (χ0) is 12.3. The molecule has 0 aromatic rings. The average Bonchev–Trinajstić information content (AvgIpc) is 2.27. The third-order valence-electron chi connectivity index (χ3n) is 2.48. The number of halogens is 1. The molecule has 0 unspecified atom stereocenters. The van der Waals surface area contributed by atoms with Gasteiger partial charge in [0.1, 0.15) is 11.8 Å². The normalized spacial score (nSPS) is 27.4. The number of hydrogen-bond donors (Lipinski definition) is 1. The van der Waals surface area contributed by atoms with Crippen molar-refractivity contribution in [1.29, 1.82) is 0 Å². The van der Waals surface area contributed by atoms with E-state index in [2.05, 4.69) is 0 Å². The van der Waals surface area contributed by atoms with E-state index in [1.165, 1.54) is 4.90 Å². The molecule has 0 spiro atoms. The van der Waals surface area contributed by atoms with E-state index in [-0.39, 0.29) is 6.54 Å². The molecule has 1 saturated heterocycles. The Morgan fingerprint density at radius 3 is 2.69 bits per heavy atom. The molecule has 0 radical (unpaired) electrons. The van der Waals surface area contributed by atoms with Crippen molar-refractivity contribution in [3.8, 4) is 0 Å². The van der Waals surface area contributed by atoms with Crippen LogP contribution in [0.1, 0.15) is 33.6 Å². The first-order valence-corrected chi connectivity index (χ1v) is 5.67. The van der Waals surface area contributed by atoms with Crippen LogP contribution >= 0.6 is 0 Å². The van der Waals surface area contributed by atoms with Gasteiger partial charge in [0.2, 0.25) is 0 Å². The standard InChI is InChI=1S/C11H21FN2O2/c1-11(2,3)16-10(15)14-6-4-5-9(13)8(12)7-14/h8-9H,4-7,13H2,1-3H3/t8-,9+/m0/s1. The van der Waals surface area contributed by atoms with Crippen molar-refractivity contribution in [2.24, 2.45) is 5.73 Å². The fourth-order valence-corrected chi connectivity index (χ4v) is 1.63. The highest BCUT2D eigenvalue weighted by molar-refractivity contribution is 5.68. The predicted octanol–water partition coefficient (Wildman–Crippen LogP) is 1.68. The Labute approximate surface area is 95.9 Å². The van der Waals surface area contributed by atoms with E-state index in [0.29, 0.717) is 13.0 Å².